The monoisotopic (exact) mass is 344 g/mol. The summed E-state index contributed by atoms with van der Waals surface area (Å²) in [5, 5.41) is 19.8. The van der Waals surface area contributed by atoms with E-state index in [1.807, 2.05) is 31.2 Å². The van der Waals surface area contributed by atoms with E-state index in [1.165, 1.54) is 13.2 Å². The van der Waals surface area contributed by atoms with Crippen molar-refractivity contribution >= 4 is 0 Å². The summed E-state index contributed by atoms with van der Waals surface area (Å²) in [6.45, 7) is 1.98. The smallest absolute Gasteiger partial charge is 0.232 e. The van der Waals surface area contributed by atoms with Gasteiger partial charge in [-0.15, -0.1) is 0 Å². The van der Waals surface area contributed by atoms with Gasteiger partial charge in [-0.3, -0.25) is 4.79 Å². The molecule has 3 aromatic rings. The van der Waals surface area contributed by atoms with Gasteiger partial charge in [0.2, 0.25) is 11.3 Å². The fourth-order valence-electron chi connectivity index (χ4n) is 2.67. The molecule has 5 nitrogen and oxygen atoms in total. The van der Waals surface area contributed by atoms with Gasteiger partial charge in [0.1, 0.15) is 11.6 Å². The van der Waals surface area contributed by atoms with Crippen LogP contribution in [0.25, 0.3) is 22.4 Å². The number of aromatic hydroxyl groups is 1. The normalized spacial score (nSPS) is 10.2. The molecule has 0 bridgehead atoms. The summed E-state index contributed by atoms with van der Waals surface area (Å²) in [5.41, 5.74) is 2.94. The molecule has 0 fully saturated rings. The molecular weight excluding hydrogens is 328 g/mol. The molecule has 1 heterocycles. The molecule has 0 radical (unpaired) electrons. The third-order valence-electron chi connectivity index (χ3n) is 4.04. The lowest BCUT2D eigenvalue weighted by Gasteiger charge is -2.12. The van der Waals surface area contributed by atoms with E-state index in [2.05, 4.69) is 11.1 Å². The number of benzene rings is 1. The lowest BCUT2D eigenvalue weighted by atomic mass is 9.98. The predicted molar refractivity (Wildman–Crippen MR) is 99.0 cm³/mol. The number of ether oxygens (including phenoxy) is 1. The molecule has 0 saturated heterocycles. The summed E-state index contributed by atoms with van der Waals surface area (Å²) in [6.07, 6.45) is 0. The highest BCUT2D eigenvalue weighted by atomic mass is 16.5. The van der Waals surface area contributed by atoms with Crippen LogP contribution in [0.4, 0.5) is 0 Å². The molecule has 0 aliphatic heterocycles. The van der Waals surface area contributed by atoms with Crippen LogP contribution in [0.5, 0.6) is 11.6 Å². The van der Waals surface area contributed by atoms with Gasteiger partial charge in [0.25, 0.3) is 0 Å². The summed E-state index contributed by atoms with van der Waals surface area (Å²) in [6, 6.07) is 17.6. The van der Waals surface area contributed by atoms with E-state index in [4.69, 9.17) is 4.74 Å². The predicted octanol–water partition coefficient (Wildman–Crippen LogP) is 3.67. The molecule has 1 N–H and O–H groups in total. The van der Waals surface area contributed by atoms with Gasteiger partial charge in [-0.05, 0) is 30.7 Å². The molecule has 0 aliphatic carbocycles. The number of hydrogen-bond acceptors (Lipinski definition) is 5. The summed E-state index contributed by atoms with van der Waals surface area (Å²) in [7, 11) is 1.43. The van der Waals surface area contributed by atoms with Crippen molar-refractivity contribution in [3.05, 3.63) is 75.9 Å². The Kier molecular flexibility index (Phi) is 4.68. The van der Waals surface area contributed by atoms with E-state index in [-0.39, 0.29) is 11.4 Å². The summed E-state index contributed by atoms with van der Waals surface area (Å²) in [5.74, 6) is -0.261. The Bertz CT molecular complexity index is 1070. The van der Waals surface area contributed by atoms with Crippen LogP contribution in [0.2, 0.25) is 0 Å². The Hall–Kier alpha value is -3.65. The number of aryl methyl sites for hydroxylation is 1. The van der Waals surface area contributed by atoms with Crippen molar-refractivity contribution in [3.63, 3.8) is 0 Å². The summed E-state index contributed by atoms with van der Waals surface area (Å²) < 4.78 is 5.28. The third-order valence-corrected chi connectivity index (χ3v) is 4.04. The minimum atomic E-state index is -0.507. The van der Waals surface area contributed by atoms with Crippen molar-refractivity contribution in [2.75, 3.05) is 7.11 Å². The second-order valence-electron chi connectivity index (χ2n) is 5.76. The zero-order chi connectivity index (χ0) is 18.7. The molecule has 3 rings (SSSR count). The SMILES string of the molecule is COc1nc(-c2ccccc(=O)c2O)cc(-c2ccc(C)cc2)c1C#N. The van der Waals surface area contributed by atoms with Crippen molar-refractivity contribution in [1.82, 2.24) is 4.98 Å². The first-order valence-electron chi connectivity index (χ1n) is 7.94. The second kappa shape index (κ2) is 7.08. The minimum absolute atomic E-state index is 0.138. The van der Waals surface area contributed by atoms with E-state index >= 15 is 0 Å². The standard InChI is InChI=1S/C21H16N2O3/c1-13-7-9-14(10-8-13)16-11-18(23-21(26-2)17(16)12-22)15-5-3-4-6-19(24)20(15)25/h3-11H,1-2H3,(H,24,25). The number of nitriles is 1. The number of hydrogen-bond donors (Lipinski definition) is 1. The van der Waals surface area contributed by atoms with Crippen LogP contribution in [0.1, 0.15) is 11.1 Å². The lowest BCUT2D eigenvalue weighted by molar-refractivity contribution is 0.397. The van der Waals surface area contributed by atoms with Gasteiger partial charge < -0.3 is 9.84 Å². The quantitative estimate of drug-likeness (QED) is 0.784. The molecule has 128 valence electrons. The molecule has 1 aromatic heterocycles. The summed E-state index contributed by atoms with van der Waals surface area (Å²) in [4.78, 5) is 16.2. The fraction of sp³-hybridized carbons (Fsp3) is 0.0952. The van der Waals surface area contributed by atoms with Crippen molar-refractivity contribution in [3.8, 4) is 40.1 Å². The Balaban J connectivity index is 2.34. The molecule has 0 amide bonds. The molecule has 2 aromatic carbocycles. The molecular formula is C21H16N2O3. The molecule has 0 saturated carbocycles. The maximum Gasteiger partial charge on any atom is 0.232 e. The fourth-order valence-corrected chi connectivity index (χ4v) is 2.67. The zero-order valence-electron chi connectivity index (χ0n) is 14.4. The maximum atomic E-state index is 11.9. The van der Waals surface area contributed by atoms with E-state index in [1.54, 1.807) is 24.3 Å². The second-order valence-corrected chi connectivity index (χ2v) is 5.76. The van der Waals surface area contributed by atoms with Crippen molar-refractivity contribution in [1.29, 1.82) is 5.26 Å². The molecule has 0 atom stereocenters. The number of methoxy groups -OCH3 is 1. The van der Waals surface area contributed by atoms with Crippen molar-refractivity contribution in [2.24, 2.45) is 0 Å². The van der Waals surface area contributed by atoms with Gasteiger partial charge in [0, 0.05) is 11.1 Å². The van der Waals surface area contributed by atoms with Crippen LogP contribution in [-0.2, 0) is 0 Å². The largest absolute Gasteiger partial charge is 0.504 e. The molecule has 0 aliphatic rings. The molecule has 0 unspecified atom stereocenters. The Morgan fingerprint density at radius 1 is 1.08 bits per heavy atom. The van der Waals surface area contributed by atoms with Crippen LogP contribution >= 0.6 is 0 Å². The first-order chi connectivity index (χ1) is 12.5. The van der Waals surface area contributed by atoms with Gasteiger partial charge >= 0.3 is 0 Å². The van der Waals surface area contributed by atoms with Gasteiger partial charge in [-0.25, -0.2) is 4.98 Å². The Labute approximate surface area is 150 Å². The van der Waals surface area contributed by atoms with Crippen LogP contribution in [0.15, 0.2) is 59.4 Å². The highest BCUT2D eigenvalue weighted by Crippen LogP contribution is 2.35. The van der Waals surface area contributed by atoms with Crippen LogP contribution in [-0.4, -0.2) is 17.2 Å². The van der Waals surface area contributed by atoms with Crippen molar-refractivity contribution < 1.29 is 9.84 Å². The Morgan fingerprint density at radius 3 is 2.42 bits per heavy atom. The molecule has 0 spiro atoms. The average molecular weight is 344 g/mol. The number of pyridine rings is 1. The molecule has 26 heavy (non-hydrogen) atoms. The number of nitrogens with zero attached hydrogens (tertiary/aromatic N) is 2. The van der Waals surface area contributed by atoms with Crippen LogP contribution in [0.3, 0.4) is 0 Å². The first-order valence-corrected chi connectivity index (χ1v) is 7.94. The first kappa shape index (κ1) is 17.2. The minimum Gasteiger partial charge on any atom is -0.504 e. The highest BCUT2D eigenvalue weighted by molar-refractivity contribution is 5.79. The van der Waals surface area contributed by atoms with E-state index in [9.17, 15) is 15.2 Å². The van der Waals surface area contributed by atoms with Crippen molar-refractivity contribution in [2.45, 2.75) is 6.92 Å². The third kappa shape index (κ3) is 3.13. The van der Waals surface area contributed by atoms with Gasteiger partial charge in [0.05, 0.1) is 12.8 Å². The highest BCUT2D eigenvalue weighted by Gasteiger charge is 2.17. The zero-order valence-corrected chi connectivity index (χ0v) is 14.4. The van der Waals surface area contributed by atoms with E-state index < -0.39 is 11.2 Å². The number of rotatable bonds is 3. The van der Waals surface area contributed by atoms with Crippen LogP contribution < -0.4 is 10.2 Å². The topological polar surface area (TPSA) is 83.2 Å². The van der Waals surface area contributed by atoms with Gasteiger partial charge in [-0.2, -0.15) is 5.26 Å². The van der Waals surface area contributed by atoms with E-state index in [0.717, 1.165) is 11.1 Å². The summed E-state index contributed by atoms with van der Waals surface area (Å²) >= 11 is 0. The number of aromatic nitrogens is 1. The lowest BCUT2D eigenvalue weighted by Crippen LogP contribution is -2.00. The average Bonchev–Trinajstić information content (AvgIpc) is 2.82. The van der Waals surface area contributed by atoms with E-state index in [0.29, 0.717) is 16.8 Å². The van der Waals surface area contributed by atoms with Crippen LogP contribution in [0, 0.1) is 18.3 Å². The Morgan fingerprint density at radius 2 is 1.77 bits per heavy atom. The maximum absolute atomic E-state index is 11.9. The van der Waals surface area contributed by atoms with Gasteiger partial charge in [-0.1, -0.05) is 42.0 Å². The molecule has 5 heteroatoms. The van der Waals surface area contributed by atoms with Gasteiger partial charge in [0.15, 0.2) is 5.75 Å².